The van der Waals surface area contributed by atoms with E-state index < -0.39 is 5.97 Å². The number of ether oxygens (including phenoxy) is 1. The zero-order valence-electron chi connectivity index (χ0n) is 14.2. The first-order valence-corrected chi connectivity index (χ1v) is 7.99. The van der Waals surface area contributed by atoms with Crippen molar-refractivity contribution in [1.82, 2.24) is 9.88 Å². The first kappa shape index (κ1) is 17.2. The van der Waals surface area contributed by atoms with E-state index in [2.05, 4.69) is 4.98 Å². The van der Waals surface area contributed by atoms with Gasteiger partial charge in [-0.15, -0.1) is 0 Å². The number of H-pyrrole nitrogens is 1. The van der Waals surface area contributed by atoms with Gasteiger partial charge in [0, 0.05) is 23.8 Å². The van der Waals surface area contributed by atoms with Crippen LogP contribution in [0.15, 0.2) is 0 Å². The molecule has 23 heavy (non-hydrogen) atoms. The van der Waals surface area contributed by atoms with Crippen LogP contribution in [0.4, 0.5) is 0 Å². The molecule has 0 saturated carbocycles. The van der Waals surface area contributed by atoms with E-state index >= 15 is 0 Å². The molecule has 1 fully saturated rings. The largest absolute Gasteiger partial charge is 0.451 e. The molecule has 1 atom stereocenters. The van der Waals surface area contributed by atoms with Gasteiger partial charge in [0.1, 0.15) is 5.69 Å². The zero-order valence-corrected chi connectivity index (χ0v) is 14.2. The highest BCUT2D eigenvalue weighted by molar-refractivity contribution is 6.01. The van der Waals surface area contributed by atoms with Crippen LogP contribution in [0.5, 0.6) is 0 Å². The van der Waals surface area contributed by atoms with E-state index in [1.54, 1.807) is 18.7 Å². The van der Waals surface area contributed by atoms with Crippen molar-refractivity contribution in [3.63, 3.8) is 0 Å². The normalized spacial score (nSPS) is 17.9. The Bertz CT molecular complexity index is 633. The lowest BCUT2D eigenvalue weighted by Crippen LogP contribution is -2.44. The smallest absolute Gasteiger partial charge is 0.355 e. The second-order valence-electron chi connectivity index (χ2n) is 6.19. The average molecular weight is 320 g/mol. The Labute approximate surface area is 136 Å². The maximum absolute atomic E-state index is 12.2. The fourth-order valence-electron chi connectivity index (χ4n) is 3.23. The summed E-state index contributed by atoms with van der Waals surface area (Å²) in [4.78, 5) is 40.6. The van der Waals surface area contributed by atoms with E-state index in [1.165, 1.54) is 6.92 Å². The van der Waals surface area contributed by atoms with Crippen molar-refractivity contribution in [2.24, 2.45) is 0 Å². The molecule has 1 saturated heterocycles. The molecule has 6 heteroatoms. The number of rotatable bonds is 4. The lowest BCUT2D eigenvalue weighted by atomic mass is 10.0. The summed E-state index contributed by atoms with van der Waals surface area (Å²) in [5.74, 6) is -0.872. The second kappa shape index (κ2) is 6.98. The number of piperidine rings is 1. The minimum atomic E-state index is -0.601. The predicted octanol–water partition coefficient (Wildman–Crippen LogP) is 2.39. The number of aromatic nitrogens is 1. The maximum Gasteiger partial charge on any atom is 0.355 e. The molecule has 1 aromatic rings. The summed E-state index contributed by atoms with van der Waals surface area (Å²) < 4.78 is 5.15. The lowest BCUT2D eigenvalue weighted by molar-refractivity contribution is -0.137. The number of hydrogen-bond acceptors (Lipinski definition) is 4. The van der Waals surface area contributed by atoms with Gasteiger partial charge in [-0.3, -0.25) is 9.59 Å². The summed E-state index contributed by atoms with van der Waals surface area (Å²) in [7, 11) is 0. The average Bonchev–Trinajstić information content (AvgIpc) is 2.80. The van der Waals surface area contributed by atoms with Gasteiger partial charge < -0.3 is 14.6 Å². The molecule has 0 spiro atoms. The number of aryl methyl sites for hydroxylation is 1. The molecule has 1 aromatic heterocycles. The first-order chi connectivity index (χ1) is 10.8. The van der Waals surface area contributed by atoms with Crippen LogP contribution in [0.25, 0.3) is 0 Å². The van der Waals surface area contributed by atoms with Crippen LogP contribution in [0.1, 0.15) is 65.2 Å². The fraction of sp³-hybridized carbons (Fsp3) is 0.588. The van der Waals surface area contributed by atoms with Gasteiger partial charge in [0.2, 0.25) is 0 Å². The van der Waals surface area contributed by atoms with Crippen molar-refractivity contribution in [2.75, 3.05) is 13.2 Å². The Morgan fingerprint density at radius 3 is 2.52 bits per heavy atom. The van der Waals surface area contributed by atoms with Gasteiger partial charge in [-0.1, -0.05) is 0 Å². The van der Waals surface area contributed by atoms with Crippen molar-refractivity contribution < 1.29 is 19.1 Å². The van der Waals surface area contributed by atoms with Crippen LogP contribution in [-0.2, 0) is 9.53 Å². The first-order valence-electron chi connectivity index (χ1n) is 7.99. The third-order valence-corrected chi connectivity index (χ3v) is 4.44. The molecule has 0 unspecified atom stereocenters. The SMILES string of the molecule is CC(=O)c1c(C)[nH]c(C(=O)OCC(=O)N2CCCC[C@H]2C)c1C. The van der Waals surface area contributed by atoms with E-state index in [1.807, 2.05) is 6.92 Å². The number of ketones is 1. The molecule has 1 aliphatic rings. The Kier molecular flexibility index (Phi) is 5.23. The number of Topliss-reactive ketones (excluding diaryl/α,β-unsaturated/α-hetero) is 1. The van der Waals surface area contributed by atoms with Gasteiger partial charge in [-0.25, -0.2) is 4.79 Å². The Balaban J connectivity index is 2.01. The Hall–Kier alpha value is -2.11. The number of carbonyl (C=O) groups excluding carboxylic acids is 3. The van der Waals surface area contributed by atoms with Crippen LogP contribution in [-0.4, -0.2) is 46.7 Å². The predicted molar refractivity (Wildman–Crippen MR) is 85.6 cm³/mol. The van der Waals surface area contributed by atoms with E-state index in [0.29, 0.717) is 23.4 Å². The van der Waals surface area contributed by atoms with E-state index in [0.717, 1.165) is 19.3 Å². The fourth-order valence-corrected chi connectivity index (χ4v) is 3.23. The molecule has 6 nitrogen and oxygen atoms in total. The minimum absolute atomic E-state index is 0.103. The van der Waals surface area contributed by atoms with E-state index in [9.17, 15) is 14.4 Å². The number of aromatic amines is 1. The summed E-state index contributed by atoms with van der Waals surface area (Å²) in [5.41, 5.74) is 1.96. The molecule has 0 radical (unpaired) electrons. The number of nitrogens with one attached hydrogen (secondary N) is 1. The van der Waals surface area contributed by atoms with Crippen LogP contribution in [0, 0.1) is 13.8 Å². The topological polar surface area (TPSA) is 79.5 Å². The number of esters is 1. The number of hydrogen-bond donors (Lipinski definition) is 1. The van der Waals surface area contributed by atoms with Crippen molar-refractivity contribution in [3.05, 3.63) is 22.5 Å². The van der Waals surface area contributed by atoms with Gasteiger partial charge in [0.05, 0.1) is 0 Å². The van der Waals surface area contributed by atoms with Crippen molar-refractivity contribution in [1.29, 1.82) is 0 Å². The number of likely N-dealkylation sites (tertiary alicyclic amines) is 1. The van der Waals surface area contributed by atoms with Crippen LogP contribution in [0.2, 0.25) is 0 Å². The van der Waals surface area contributed by atoms with Gasteiger partial charge in [0.15, 0.2) is 12.4 Å². The molecular weight excluding hydrogens is 296 g/mol. The quantitative estimate of drug-likeness (QED) is 0.682. The van der Waals surface area contributed by atoms with Crippen LogP contribution >= 0.6 is 0 Å². The zero-order chi connectivity index (χ0) is 17.1. The highest BCUT2D eigenvalue weighted by Crippen LogP contribution is 2.20. The highest BCUT2D eigenvalue weighted by atomic mass is 16.5. The van der Waals surface area contributed by atoms with Crippen molar-refractivity contribution in [2.45, 2.75) is 53.0 Å². The molecule has 0 aliphatic carbocycles. The number of carbonyl (C=O) groups is 3. The number of nitrogens with zero attached hydrogens (tertiary/aromatic N) is 1. The van der Waals surface area contributed by atoms with Crippen LogP contribution in [0.3, 0.4) is 0 Å². The van der Waals surface area contributed by atoms with E-state index in [-0.39, 0.29) is 30.0 Å². The Morgan fingerprint density at radius 1 is 1.26 bits per heavy atom. The van der Waals surface area contributed by atoms with Gasteiger partial charge in [-0.2, -0.15) is 0 Å². The summed E-state index contributed by atoms with van der Waals surface area (Å²) in [6.07, 6.45) is 3.09. The summed E-state index contributed by atoms with van der Waals surface area (Å²) in [5, 5.41) is 0. The standard InChI is InChI=1S/C17H24N2O4/c1-10-7-5-6-8-19(10)14(21)9-23-17(22)16-11(2)15(13(4)20)12(3)18-16/h10,18H,5-9H2,1-4H3/t10-/m1/s1. The molecule has 126 valence electrons. The van der Waals surface area contributed by atoms with Gasteiger partial charge in [-0.05, 0) is 52.5 Å². The highest BCUT2D eigenvalue weighted by Gasteiger charge is 2.25. The molecular formula is C17H24N2O4. The summed E-state index contributed by atoms with van der Waals surface area (Å²) in [6.45, 7) is 7.35. The summed E-state index contributed by atoms with van der Waals surface area (Å²) in [6, 6.07) is 0.189. The summed E-state index contributed by atoms with van der Waals surface area (Å²) >= 11 is 0. The third kappa shape index (κ3) is 3.63. The molecule has 0 aromatic carbocycles. The molecule has 1 aliphatic heterocycles. The van der Waals surface area contributed by atoms with Gasteiger partial charge >= 0.3 is 5.97 Å². The minimum Gasteiger partial charge on any atom is -0.451 e. The Morgan fingerprint density at radius 2 is 1.96 bits per heavy atom. The number of amides is 1. The molecule has 2 rings (SSSR count). The molecule has 2 heterocycles. The van der Waals surface area contributed by atoms with Crippen molar-refractivity contribution in [3.8, 4) is 0 Å². The lowest BCUT2D eigenvalue weighted by Gasteiger charge is -2.33. The maximum atomic E-state index is 12.2. The molecule has 0 bridgehead atoms. The second-order valence-corrected chi connectivity index (χ2v) is 6.19. The monoisotopic (exact) mass is 320 g/mol. The van der Waals surface area contributed by atoms with Gasteiger partial charge in [0.25, 0.3) is 5.91 Å². The van der Waals surface area contributed by atoms with Crippen LogP contribution < -0.4 is 0 Å². The van der Waals surface area contributed by atoms with Crippen molar-refractivity contribution >= 4 is 17.7 Å². The molecule has 1 amide bonds. The third-order valence-electron chi connectivity index (χ3n) is 4.44. The van der Waals surface area contributed by atoms with E-state index in [4.69, 9.17) is 4.74 Å². The molecule has 1 N–H and O–H groups in total.